The van der Waals surface area contributed by atoms with Crippen molar-refractivity contribution in [2.75, 3.05) is 18.1 Å². The zero-order chi connectivity index (χ0) is 15.6. The van der Waals surface area contributed by atoms with Crippen molar-refractivity contribution in [1.82, 2.24) is 9.78 Å². The second-order valence-corrected chi connectivity index (χ2v) is 5.91. The average molecular weight is 295 g/mol. The molecule has 0 saturated carbocycles. The molecular formula is C14H21N3O4. The van der Waals surface area contributed by atoms with Crippen molar-refractivity contribution in [3.8, 4) is 0 Å². The van der Waals surface area contributed by atoms with Crippen LogP contribution >= 0.6 is 0 Å². The number of esters is 1. The van der Waals surface area contributed by atoms with Gasteiger partial charge in [0.05, 0.1) is 25.3 Å². The fraction of sp³-hybridized carbons (Fsp3) is 0.643. The highest BCUT2D eigenvalue weighted by Crippen LogP contribution is 2.25. The fourth-order valence-electron chi connectivity index (χ4n) is 2.17. The van der Waals surface area contributed by atoms with Crippen LogP contribution < -0.4 is 4.90 Å². The highest BCUT2D eigenvalue weighted by atomic mass is 16.6. The van der Waals surface area contributed by atoms with E-state index >= 15 is 0 Å². The van der Waals surface area contributed by atoms with Gasteiger partial charge in [-0.05, 0) is 27.7 Å². The zero-order valence-corrected chi connectivity index (χ0v) is 12.8. The Bertz CT molecular complexity index is 533. The summed E-state index contributed by atoms with van der Waals surface area (Å²) in [5.41, 5.74) is -0.598. The van der Waals surface area contributed by atoms with E-state index in [4.69, 9.17) is 9.47 Å². The number of carbonyl (C=O) groups excluding carboxylic acids is 2. The summed E-state index contributed by atoms with van der Waals surface area (Å²) in [5.74, 6) is -0.137. The maximum Gasteiger partial charge on any atom is 0.416 e. The number of nitrogens with zero attached hydrogens (tertiary/aromatic N) is 3. The normalized spacial score (nSPS) is 18.1. The Hall–Kier alpha value is -2.05. The molecule has 1 aliphatic rings. The third-order valence-corrected chi connectivity index (χ3v) is 3.00. The van der Waals surface area contributed by atoms with Gasteiger partial charge in [0.2, 0.25) is 0 Å². The molecule has 1 aromatic rings. The van der Waals surface area contributed by atoms with E-state index in [9.17, 15) is 9.59 Å². The second-order valence-electron chi connectivity index (χ2n) is 5.91. The van der Waals surface area contributed by atoms with Crippen molar-refractivity contribution in [2.24, 2.45) is 5.92 Å². The molecular weight excluding hydrogens is 274 g/mol. The predicted octanol–water partition coefficient (Wildman–Crippen LogP) is 1.82. The van der Waals surface area contributed by atoms with Gasteiger partial charge in [-0.2, -0.15) is 5.10 Å². The number of carbonyl (C=O) groups is 2. The third kappa shape index (κ3) is 3.53. The molecule has 0 fully saturated rings. The molecule has 1 aromatic heterocycles. The van der Waals surface area contributed by atoms with E-state index in [2.05, 4.69) is 5.10 Å². The van der Waals surface area contributed by atoms with Crippen LogP contribution in [0.25, 0.3) is 0 Å². The molecule has 1 aliphatic heterocycles. The first-order chi connectivity index (χ1) is 9.81. The van der Waals surface area contributed by atoms with Gasteiger partial charge in [-0.1, -0.05) is 0 Å². The molecule has 1 unspecified atom stereocenters. The molecule has 0 saturated heterocycles. The zero-order valence-electron chi connectivity index (χ0n) is 12.8. The Labute approximate surface area is 123 Å². The van der Waals surface area contributed by atoms with Gasteiger partial charge in [0, 0.05) is 12.6 Å². The lowest BCUT2D eigenvalue weighted by atomic mass is 10.1. The number of rotatable bonds is 2. The van der Waals surface area contributed by atoms with Crippen molar-refractivity contribution in [1.29, 1.82) is 0 Å². The van der Waals surface area contributed by atoms with Crippen molar-refractivity contribution in [2.45, 2.75) is 39.8 Å². The number of anilines is 1. The maximum atomic E-state index is 12.3. The minimum absolute atomic E-state index is 0.236. The summed E-state index contributed by atoms with van der Waals surface area (Å²) < 4.78 is 12.0. The van der Waals surface area contributed by atoms with E-state index in [0.29, 0.717) is 19.0 Å². The SMILES string of the molecule is CCOC(=O)C1CN(C(=O)OC(C)(C)C)c2ccnn2C1. The van der Waals surface area contributed by atoms with E-state index in [-0.39, 0.29) is 12.5 Å². The van der Waals surface area contributed by atoms with Gasteiger partial charge < -0.3 is 9.47 Å². The lowest BCUT2D eigenvalue weighted by Crippen LogP contribution is -2.47. The number of ether oxygens (including phenoxy) is 2. The Kier molecular flexibility index (Phi) is 4.20. The van der Waals surface area contributed by atoms with Crippen LogP contribution in [0, 0.1) is 5.92 Å². The van der Waals surface area contributed by atoms with Crippen LogP contribution in [0.5, 0.6) is 0 Å². The highest BCUT2D eigenvalue weighted by Gasteiger charge is 2.35. The van der Waals surface area contributed by atoms with E-state index in [0.717, 1.165) is 0 Å². The Morgan fingerprint density at radius 2 is 2.10 bits per heavy atom. The summed E-state index contributed by atoms with van der Waals surface area (Å²) in [6, 6.07) is 1.73. The molecule has 0 aromatic carbocycles. The largest absolute Gasteiger partial charge is 0.466 e. The number of hydrogen-bond donors (Lipinski definition) is 0. The first-order valence-corrected chi connectivity index (χ1v) is 7.01. The molecule has 21 heavy (non-hydrogen) atoms. The van der Waals surface area contributed by atoms with E-state index in [1.807, 2.05) is 0 Å². The molecule has 0 spiro atoms. The molecule has 1 atom stereocenters. The number of aromatic nitrogens is 2. The maximum absolute atomic E-state index is 12.3. The molecule has 0 aliphatic carbocycles. The van der Waals surface area contributed by atoms with Gasteiger partial charge in [-0.25, -0.2) is 9.48 Å². The lowest BCUT2D eigenvalue weighted by molar-refractivity contribution is -0.148. The summed E-state index contributed by atoms with van der Waals surface area (Å²) in [6.45, 7) is 8.11. The monoisotopic (exact) mass is 295 g/mol. The minimum atomic E-state index is -0.598. The lowest BCUT2D eigenvalue weighted by Gasteiger charge is -2.33. The summed E-state index contributed by atoms with van der Waals surface area (Å²) >= 11 is 0. The van der Waals surface area contributed by atoms with E-state index < -0.39 is 17.6 Å². The van der Waals surface area contributed by atoms with Crippen LogP contribution in [0.1, 0.15) is 27.7 Å². The first-order valence-electron chi connectivity index (χ1n) is 7.01. The summed E-state index contributed by atoms with van der Waals surface area (Å²) in [7, 11) is 0. The van der Waals surface area contributed by atoms with Crippen LogP contribution in [-0.4, -0.2) is 40.6 Å². The van der Waals surface area contributed by atoms with Crippen molar-refractivity contribution in [3.05, 3.63) is 12.3 Å². The van der Waals surface area contributed by atoms with Gasteiger partial charge in [-0.3, -0.25) is 9.69 Å². The number of amides is 1. The molecule has 2 heterocycles. The van der Waals surface area contributed by atoms with Crippen LogP contribution in [0.4, 0.5) is 10.6 Å². The van der Waals surface area contributed by atoms with Crippen molar-refractivity contribution in [3.63, 3.8) is 0 Å². The van der Waals surface area contributed by atoms with Crippen molar-refractivity contribution < 1.29 is 19.1 Å². The smallest absolute Gasteiger partial charge is 0.416 e. The van der Waals surface area contributed by atoms with Gasteiger partial charge >= 0.3 is 12.1 Å². The first kappa shape index (κ1) is 15.3. The average Bonchev–Trinajstić information content (AvgIpc) is 2.83. The number of fused-ring (bicyclic) bond motifs is 1. The van der Waals surface area contributed by atoms with Gasteiger partial charge in [0.15, 0.2) is 0 Å². The Morgan fingerprint density at radius 3 is 2.71 bits per heavy atom. The quantitative estimate of drug-likeness (QED) is 0.778. The van der Waals surface area contributed by atoms with E-state index in [1.54, 1.807) is 44.6 Å². The molecule has 0 radical (unpaired) electrons. The van der Waals surface area contributed by atoms with Crippen LogP contribution in [0.15, 0.2) is 12.3 Å². The number of hydrogen-bond acceptors (Lipinski definition) is 5. The van der Waals surface area contributed by atoms with Crippen molar-refractivity contribution >= 4 is 17.9 Å². The third-order valence-electron chi connectivity index (χ3n) is 3.00. The molecule has 116 valence electrons. The Balaban J connectivity index is 2.20. The Morgan fingerprint density at radius 1 is 1.38 bits per heavy atom. The molecule has 0 bridgehead atoms. The topological polar surface area (TPSA) is 73.7 Å². The summed E-state index contributed by atoms with van der Waals surface area (Å²) in [4.78, 5) is 25.7. The molecule has 2 rings (SSSR count). The molecule has 1 amide bonds. The van der Waals surface area contributed by atoms with Crippen LogP contribution in [0.3, 0.4) is 0 Å². The molecule has 7 heteroatoms. The predicted molar refractivity (Wildman–Crippen MR) is 75.9 cm³/mol. The van der Waals surface area contributed by atoms with Crippen LogP contribution in [0.2, 0.25) is 0 Å². The van der Waals surface area contributed by atoms with Crippen LogP contribution in [-0.2, 0) is 20.8 Å². The minimum Gasteiger partial charge on any atom is -0.466 e. The molecule has 0 N–H and O–H groups in total. The highest BCUT2D eigenvalue weighted by molar-refractivity contribution is 5.88. The summed E-state index contributed by atoms with van der Waals surface area (Å²) in [6.07, 6.45) is 1.11. The van der Waals surface area contributed by atoms with Gasteiger partial charge in [0.25, 0.3) is 0 Å². The van der Waals surface area contributed by atoms with Gasteiger partial charge in [-0.15, -0.1) is 0 Å². The second kappa shape index (κ2) is 5.75. The molecule has 7 nitrogen and oxygen atoms in total. The van der Waals surface area contributed by atoms with Gasteiger partial charge in [0.1, 0.15) is 11.4 Å². The van der Waals surface area contributed by atoms with E-state index in [1.165, 1.54) is 4.90 Å². The summed E-state index contributed by atoms with van der Waals surface area (Å²) in [5, 5.41) is 4.14. The fourth-order valence-corrected chi connectivity index (χ4v) is 2.17. The standard InChI is InChI=1S/C14H21N3O4/c1-5-20-12(18)10-8-16(13(19)21-14(2,3)4)11-6-7-15-17(11)9-10/h6-7,10H,5,8-9H2,1-4H3.